The highest BCUT2D eigenvalue weighted by atomic mass is 35.5. The van der Waals surface area contributed by atoms with Gasteiger partial charge in [-0.15, -0.1) is 0 Å². The molecule has 4 nitrogen and oxygen atoms in total. The van der Waals surface area contributed by atoms with Gasteiger partial charge < -0.3 is 19.9 Å². The molecule has 2 rings (SSSR count). The lowest BCUT2D eigenvalue weighted by molar-refractivity contribution is 0.000767. The summed E-state index contributed by atoms with van der Waals surface area (Å²) in [6.07, 6.45) is 3.66. The number of rotatable bonds is 6. The normalized spacial score (nSPS) is 17.2. The summed E-state index contributed by atoms with van der Waals surface area (Å²) in [5.74, 6) is 1.11. The molecule has 0 radical (unpaired) electrons. The van der Waals surface area contributed by atoms with Crippen LogP contribution >= 0.6 is 11.6 Å². The van der Waals surface area contributed by atoms with Crippen LogP contribution in [-0.4, -0.2) is 31.5 Å². The van der Waals surface area contributed by atoms with Crippen LogP contribution in [0.15, 0.2) is 12.1 Å². The van der Waals surface area contributed by atoms with E-state index in [0.717, 1.165) is 31.2 Å². The van der Waals surface area contributed by atoms with Crippen LogP contribution < -0.4 is 14.8 Å². The van der Waals surface area contributed by atoms with Crippen LogP contribution in [0, 0.1) is 0 Å². The van der Waals surface area contributed by atoms with E-state index in [2.05, 4.69) is 5.32 Å². The highest BCUT2D eigenvalue weighted by Crippen LogP contribution is 2.38. The first-order chi connectivity index (χ1) is 9.58. The second-order valence-corrected chi connectivity index (χ2v) is 5.77. The SMILES string of the molecule is CNCc1cc(Cl)c(OCC2(O)CCCC2)c(OC)c1. The summed E-state index contributed by atoms with van der Waals surface area (Å²) in [5, 5.41) is 13.9. The van der Waals surface area contributed by atoms with Gasteiger partial charge in [-0.3, -0.25) is 0 Å². The molecule has 1 fully saturated rings. The van der Waals surface area contributed by atoms with Gasteiger partial charge in [0.05, 0.1) is 17.7 Å². The van der Waals surface area contributed by atoms with E-state index in [1.807, 2.05) is 19.2 Å². The van der Waals surface area contributed by atoms with Crippen LogP contribution in [0.25, 0.3) is 0 Å². The van der Waals surface area contributed by atoms with Crippen LogP contribution in [0.2, 0.25) is 5.02 Å². The van der Waals surface area contributed by atoms with E-state index in [0.29, 0.717) is 23.1 Å². The lowest BCUT2D eigenvalue weighted by atomic mass is 10.0. The van der Waals surface area contributed by atoms with Crippen molar-refractivity contribution in [3.05, 3.63) is 22.7 Å². The van der Waals surface area contributed by atoms with Gasteiger partial charge in [0.25, 0.3) is 0 Å². The topological polar surface area (TPSA) is 50.7 Å². The Morgan fingerprint density at radius 3 is 2.65 bits per heavy atom. The quantitative estimate of drug-likeness (QED) is 0.848. The largest absolute Gasteiger partial charge is 0.493 e. The van der Waals surface area contributed by atoms with Crippen LogP contribution in [0.4, 0.5) is 0 Å². The Morgan fingerprint density at radius 2 is 2.05 bits per heavy atom. The van der Waals surface area contributed by atoms with Crippen molar-refractivity contribution in [3.63, 3.8) is 0 Å². The predicted octanol–water partition coefficient (Wildman–Crippen LogP) is 2.75. The third-order valence-electron chi connectivity index (χ3n) is 3.69. The van der Waals surface area contributed by atoms with Gasteiger partial charge in [0.2, 0.25) is 0 Å². The van der Waals surface area contributed by atoms with Gasteiger partial charge in [-0.05, 0) is 37.6 Å². The Balaban J connectivity index is 2.13. The maximum Gasteiger partial charge on any atom is 0.179 e. The smallest absolute Gasteiger partial charge is 0.179 e. The van der Waals surface area contributed by atoms with E-state index in [1.165, 1.54) is 0 Å². The highest BCUT2D eigenvalue weighted by Gasteiger charge is 2.32. The molecular weight excluding hydrogens is 278 g/mol. The van der Waals surface area contributed by atoms with Crippen molar-refractivity contribution in [1.82, 2.24) is 5.32 Å². The molecule has 0 spiro atoms. The Hall–Kier alpha value is -0.970. The molecule has 0 unspecified atom stereocenters. The monoisotopic (exact) mass is 299 g/mol. The fourth-order valence-corrected chi connectivity index (χ4v) is 2.89. The molecule has 0 atom stereocenters. The number of hydrogen-bond acceptors (Lipinski definition) is 4. The Kier molecular flexibility index (Phi) is 5.13. The number of nitrogens with one attached hydrogen (secondary N) is 1. The first-order valence-electron chi connectivity index (χ1n) is 6.94. The first kappa shape index (κ1) is 15.4. The van der Waals surface area contributed by atoms with Crippen LogP contribution in [0.5, 0.6) is 11.5 Å². The Labute approximate surface area is 125 Å². The molecule has 0 aliphatic heterocycles. The summed E-state index contributed by atoms with van der Waals surface area (Å²) >= 11 is 6.27. The summed E-state index contributed by atoms with van der Waals surface area (Å²) < 4.78 is 11.1. The average Bonchev–Trinajstić information content (AvgIpc) is 2.84. The van der Waals surface area contributed by atoms with Gasteiger partial charge >= 0.3 is 0 Å². The molecule has 0 amide bonds. The molecule has 0 aromatic heterocycles. The van der Waals surface area contributed by atoms with E-state index < -0.39 is 5.60 Å². The number of ether oxygens (including phenoxy) is 2. The van der Waals surface area contributed by atoms with E-state index in [1.54, 1.807) is 7.11 Å². The molecule has 1 aliphatic rings. The van der Waals surface area contributed by atoms with E-state index in [9.17, 15) is 5.11 Å². The van der Waals surface area contributed by atoms with Crippen LogP contribution in [0.1, 0.15) is 31.2 Å². The van der Waals surface area contributed by atoms with Crippen molar-refractivity contribution in [1.29, 1.82) is 0 Å². The maximum atomic E-state index is 10.3. The van der Waals surface area contributed by atoms with Gasteiger partial charge in [0.15, 0.2) is 11.5 Å². The second-order valence-electron chi connectivity index (χ2n) is 5.36. The molecule has 1 aliphatic carbocycles. The zero-order chi connectivity index (χ0) is 14.6. The lowest BCUT2D eigenvalue weighted by Crippen LogP contribution is -2.32. The Morgan fingerprint density at radius 1 is 1.35 bits per heavy atom. The van der Waals surface area contributed by atoms with Gasteiger partial charge in [-0.25, -0.2) is 0 Å². The molecule has 5 heteroatoms. The predicted molar refractivity (Wildman–Crippen MR) is 79.7 cm³/mol. The third kappa shape index (κ3) is 3.57. The molecular formula is C15H22ClNO3. The van der Waals surface area contributed by atoms with Gasteiger partial charge in [-0.2, -0.15) is 0 Å². The van der Waals surface area contributed by atoms with Crippen molar-refractivity contribution >= 4 is 11.6 Å². The highest BCUT2D eigenvalue weighted by molar-refractivity contribution is 6.32. The minimum atomic E-state index is -0.724. The van der Waals surface area contributed by atoms with Crippen molar-refractivity contribution in [2.75, 3.05) is 20.8 Å². The molecule has 0 saturated heterocycles. The standard InChI is InChI=1S/C15H22ClNO3/c1-17-9-11-7-12(16)14(13(8-11)19-2)20-10-15(18)5-3-4-6-15/h7-8,17-18H,3-6,9-10H2,1-2H3. The fourth-order valence-electron chi connectivity index (χ4n) is 2.60. The minimum absolute atomic E-state index is 0.258. The Bertz CT molecular complexity index is 459. The average molecular weight is 300 g/mol. The van der Waals surface area contributed by atoms with Crippen molar-refractivity contribution in [3.8, 4) is 11.5 Å². The van der Waals surface area contributed by atoms with Crippen molar-refractivity contribution in [2.24, 2.45) is 0 Å². The van der Waals surface area contributed by atoms with Crippen molar-refractivity contribution in [2.45, 2.75) is 37.8 Å². The summed E-state index contributed by atoms with van der Waals surface area (Å²) in [4.78, 5) is 0. The van der Waals surface area contributed by atoms with E-state index in [-0.39, 0.29) is 6.61 Å². The van der Waals surface area contributed by atoms with Crippen LogP contribution in [0.3, 0.4) is 0 Å². The lowest BCUT2D eigenvalue weighted by Gasteiger charge is -2.23. The van der Waals surface area contributed by atoms with Crippen molar-refractivity contribution < 1.29 is 14.6 Å². The van der Waals surface area contributed by atoms with Gasteiger partial charge in [0.1, 0.15) is 6.61 Å². The molecule has 1 aromatic carbocycles. The minimum Gasteiger partial charge on any atom is -0.493 e. The maximum absolute atomic E-state index is 10.3. The summed E-state index contributed by atoms with van der Waals surface area (Å²) in [5.41, 5.74) is 0.305. The molecule has 1 aromatic rings. The molecule has 0 bridgehead atoms. The third-order valence-corrected chi connectivity index (χ3v) is 3.97. The number of methoxy groups -OCH3 is 1. The van der Waals surface area contributed by atoms with Gasteiger partial charge in [0, 0.05) is 6.54 Å². The number of hydrogen-bond donors (Lipinski definition) is 2. The second kappa shape index (κ2) is 6.66. The molecule has 2 N–H and O–H groups in total. The summed E-state index contributed by atoms with van der Waals surface area (Å²) in [6.45, 7) is 0.967. The summed E-state index contributed by atoms with van der Waals surface area (Å²) in [6, 6.07) is 3.75. The molecule has 112 valence electrons. The van der Waals surface area contributed by atoms with E-state index in [4.69, 9.17) is 21.1 Å². The zero-order valence-corrected chi connectivity index (χ0v) is 12.8. The number of benzene rings is 1. The van der Waals surface area contributed by atoms with Gasteiger partial charge in [-0.1, -0.05) is 24.4 Å². The first-order valence-corrected chi connectivity index (χ1v) is 7.32. The zero-order valence-electron chi connectivity index (χ0n) is 12.0. The fraction of sp³-hybridized carbons (Fsp3) is 0.600. The molecule has 20 heavy (non-hydrogen) atoms. The van der Waals surface area contributed by atoms with Crippen LogP contribution in [-0.2, 0) is 6.54 Å². The number of halogens is 1. The summed E-state index contributed by atoms with van der Waals surface area (Å²) in [7, 11) is 3.46. The molecule has 0 heterocycles. The molecule has 1 saturated carbocycles. The number of aliphatic hydroxyl groups is 1. The van der Waals surface area contributed by atoms with E-state index >= 15 is 0 Å².